The number of aryl methyl sites for hydroxylation is 1. The van der Waals surface area contributed by atoms with Crippen LogP contribution in [0.3, 0.4) is 0 Å². The smallest absolute Gasteiger partial charge is 0.334 e. The van der Waals surface area contributed by atoms with Gasteiger partial charge < -0.3 is 4.74 Å². The number of carbonyl (C=O) groups is 2. The van der Waals surface area contributed by atoms with Crippen LogP contribution in [0.25, 0.3) is 0 Å². The first kappa shape index (κ1) is 15.8. The van der Waals surface area contributed by atoms with Crippen molar-refractivity contribution in [3.05, 3.63) is 82.9 Å². The highest BCUT2D eigenvalue weighted by Gasteiger charge is 2.46. The molecule has 1 spiro atoms. The van der Waals surface area contributed by atoms with Crippen molar-refractivity contribution in [1.29, 1.82) is 0 Å². The largest absolute Gasteiger partial charge is 0.457 e. The molecule has 0 saturated heterocycles. The first-order chi connectivity index (χ1) is 12.2. The molecule has 0 aliphatic heterocycles. The van der Waals surface area contributed by atoms with Crippen molar-refractivity contribution in [2.24, 2.45) is 5.41 Å². The summed E-state index contributed by atoms with van der Waals surface area (Å²) in [7, 11) is 0. The van der Waals surface area contributed by atoms with E-state index < -0.39 is 5.41 Å². The minimum atomic E-state index is -0.449. The Labute approximate surface area is 147 Å². The molecule has 0 saturated carbocycles. The van der Waals surface area contributed by atoms with Gasteiger partial charge in [-0.05, 0) is 36.8 Å². The van der Waals surface area contributed by atoms with Crippen molar-refractivity contribution in [1.82, 2.24) is 0 Å². The molecule has 0 bridgehead atoms. The molecule has 0 aromatic heterocycles. The average molecular weight is 332 g/mol. The molecule has 2 aromatic rings. The van der Waals surface area contributed by atoms with E-state index in [4.69, 9.17) is 4.74 Å². The zero-order chi connectivity index (χ0) is 17.3. The van der Waals surface area contributed by atoms with Gasteiger partial charge in [-0.3, -0.25) is 4.79 Å². The van der Waals surface area contributed by atoms with Crippen LogP contribution >= 0.6 is 0 Å². The second kappa shape index (κ2) is 6.32. The molecule has 4 rings (SSSR count). The van der Waals surface area contributed by atoms with Gasteiger partial charge in [0.2, 0.25) is 0 Å². The number of hydrogen-bond acceptors (Lipinski definition) is 3. The van der Waals surface area contributed by atoms with Crippen LogP contribution < -0.4 is 0 Å². The zero-order valence-electron chi connectivity index (χ0n) is 14.0. The zero-order valence-corrected chi connectivity index (χ0v) is 14.0. The first-order valence-corrected chi connectivity index (χ1v) is 8.71. The van der Waals surface area contributed by atoms with E-state index in [-0.39, 0.29) is 18.4 Å². The van der Waals surface area contributed by atoms with E-state index >= 15 is 0 Å². The maximum Gasteiger partial charge on any atom is 0.334 e. The van der Waals surface area contributed by atoms with Gasteiger partial charge in [0.1, 0.15) is 6.61 Å². The number of allylic oxidation sites excluding steroid dienone is 1. The number of hydrogen-bond donors (Lipinski definition) is 0. The summed E-state index contributed by atoms with van der Waals surface area (Å²) in [5.74, 6) is -0.121. The van der Waals surface area contributed by atoms with Crippen LogP contribution in [0.15, 0.2) is 66.2 Å². The van der Waals surface area contributed by atoms with Crippen molar-refractivity contribution >= 4 is 11.8 Å². The van der Waals surface area contributed by atoms with Crippen molar-refractivity contribution in [3.8, 4) is 0 Å². The summed E-state index contributed by atoms with van der Waals surface area (Å²) in [5.41, 5.74) is 3.10. The monoisotopic (exact) mass is 332 g/mol. The number of fused-ring (bicyclic) bond motifs is 1. The first-order valence-electron chi connectivity index (χ1n) is 8.71. The van der Waals surface area contributed by atoms with E-state index in [1.54, 1.807) is 0 Å². The number of benzene rings is 2. The van der Waals surface area contributed by atoms with Crippen molar-refractivity contribution in [2.45, 2.75) is 32.3 Å². The molecule has 0 fully saturated rings. The Kier molecular flexibility index (Phi) is 4.00. The third-order valence-corrected chi connectivity index (χ3v) is 5.36. The van der Waals surface area contributed by atoms with Crippen LogP contribution in [0.1, 0.15) is 40.7 Å². The minimum absolute atomic E-state index is 0.177. The quantitative estimate of drug-likeness (QED) is 0.789. The van der Waals surface area contributed by atoms with Crippen molar-refractivity contribution in [2.75, 3.05) is 0 Å². The fourth-order valence-corrected chi connectivity index (χ4v) is 3.90. The molecule has 25 heavy (non-hydrogen) atoms. The molecule has 0 amide bonds. The number of rotatable bonds is 3. The number of carbonyl (C=O) groups excluding carboxylic acids is 2. The third-order valence-electron chi connectivity index (χ3n) is 5.36. The summed E-state index contributed by atoms with van der Waals surface area (Å²) < 4.78 is 5.43. The molecule has 3 nitrogen and oxygen atoms in total. The van der Waals surface area contributed by atoms with Gasteiger partial charge >= 0.3 is 5.97 Å². The highest BCUT2D eigenvalue weighted by Crippen LogP contribution is 2.47. The van der Waals surface area contributed by atoms with Gasteiger partial charge in [-0.25, -0.2) is 4.79 Å². The predicted molar refractivity (Wildman–Crippen MR) is 95.1 cm³/mol. The molecule has 2 aliphatic carbocycles. The Morgan fingerprint density at radius 1 is 1.04 bits per heavy atom. The Hall–Kier alpha value is -2.68. The lowest BCUT2D eigenvalue weighted by atomic mass is 9.68. The average Bonchev–Trinajstić information content (AvgIpc) is 3.09. The molecule has 0 heterocycles. The van der Waals surface area contributed by atoms with Crippen LogP contribution in [-0.2, 0) is 22.6 Å². The van der Waals surface area contributed by atoms with Gasteiger partial charge in [0.15, 0.2) is 5.78 Å². The lowest BCUT2D eigenvalue weighted by Crippen LogP contribution is -2.34. The highest BCUT2D eigenvalue weighted by atomic mass is 16.5. The van der Waals surface area contributed by atoms with Crippen molar-refractivity contribution in [3.63, 3.8) is 0 Å². The molecule has 2 aromatic carbocycles. The molecule has 0 radical (unpaired) electrons. The molecule has 1 atom stereocenters. The summed E-state index contributed by atoms with van der Waals surface area (Å²) in [5, 5.41) is 0. The number of ether oxygens (including phenoxy) is 1. The fourth-order valence-electron chi connectivity index (χ4n) is 3.90. The normalized spacial score (nSPS) is 21.8. The van der Waals surface area contributed by atoms with Crippen LogP contribution in [0.2, 0.25) is 0 Å². The van der Waals surface area contributed by atoms with Gasteiger partial charge in [-0.2, -0.15) is 0 Å². The molecule has 1 unspecified atom stereocenters. The topological polar surface area (TPSA) is 43.4 Å². The highest BCUT2D eigenvalue weighted by molar-refractivity contribution is 6.04. The number of ketones is 1. The van der Waals surface area contributed by atoms with Gasteiger partial charge in [0.25, 0.3) is 0 Å². The SMILES string of the molecule is O=C(OCc1ccccc1)C1=CCC2(CCc3ccccc3C2=O)C1. The van der Waals surface area contributed by atoms with E-state index in [0.29, 0.717) is 18.4 Å². The lowest BCUT2D eigenvalue weighted by Gasteiger charge is -2.33. The second-order valence-corrected chi connectivity index (χ2v) is 6.94. The van der Waals surface area contributed by atoms with Crippen LogP contribution in [-0.4, -0.2) is 11.8 Å². The fraction of sp³-hybridized carbons (Fsp3) is 0.273. The van der Waals surface area contributed by atoms with Crippen LogP contribution in [0, 0.1) is 5.41 Å². The van der Waals surface area contributed by atoms with Gasteiger partial charge in [0, 0.05) is 16.6 Å². The summed E-state index contributed by atoms with van der Waals surface area (Å²) in [6.45, 7) is 0.265. The number of Topliss-reactive ketones (excluding diaryl/α,β-unsaturated/α-hetero) is 1. The second-order valence-electron chi connectivity index (χ2n) is 6.94. The van der Waals surface area contributed by atoms with Gasteiger partial charge in [-0.15, -0.1) is 0 Å². The standard InChI is InChI=1S/C22H20O3/c23-20-19-9-5-4-8-17(19)10-12-22(20)13-11-18(14-22)21(24)25-15-16-6-2-1-3-7-16/h1-9,11H,10,12-15H2. The Morgan fingerprint density at radius 2 is 1.80 bits per heavy atom. The van der Waals surface area contributed by atoms with E-state index in [0.717, 1.165) is 29.5 Å². The third kappa shape index (κ3) is 2.91. The molecular weight excluding hydrogens is 312 g/mol. The maximum absolute atomic E-state index is 13.0. The molecular formula is C22H20O3. The van der Waals surface area contributed by atoms with Gasteiger partial charge in [-0.1, -0.05) is 60.7 Å². The van der Waals surface area contributed by atoms with Crippen LogP contribution in [0.4, 0.5) is 0 Å². The Morgan fingerprint density at radius 3 is 2.64 bits per heavy atom. The minimum Gasteiger partial charge on any atom is -0.457 e. The van der Waals surface area contributed by atoms with E-state index in [1.807, 2.05) is 60.7 Å². The molecule has 3 heteroatoms. The Bertz CT molecular complexity index is 851. The Balaban J connectivity index is 1.44. The summed E-state index contributed by atoms with van der Waals surface area (Å²) in [6, 6.07) is 17.5. The molecule has 126 valence electrons. The lowest BCUT2D eigenvalue weighted by molar-refractivity contribution is -0.140. The summed E-state index contributed by atoms with van der Waals surface area (Å²) in [4.78, 5) is 25.4. The molecule has 0 N–H and O–H groups in total. The summed E-state index contributed by atoms with van der Waals surface area (Å²) >= 11 is 0. The predicted octanol–water partition coefficient (Wildman–Crippen LogP) is 4.27. The molecule has 2 aliphatic rings. The van der Waals surface area contributed by atoms with Gasteiger partial charge in [0.05, 0.1) is 0 Å². The van der Waals surface area contributed by atoms with E-state index in [1.165, 1.54) is 0 Å². The maximum atomic E-state index is 13.0. The van der Waals surface area contributed by atoms with E-state index in [9.17, 15) is 9.59 Å². The summed E-state index contributed by atoms with van der Waals surface area (Å²) in [6.07, 6.45) is 4.72. The number of esters is 1. The van der Waals surface area contributed by atoms with Crippen LogP contribution in [0.5, 0.6) is 0 Å². The van der Waals surface area contributed by atoms with E-state index in [2.05, 4.69) is 0 Å². The van der Waals surface area contributed by atoms with Crippen molar-refractivity contribution < 1.29 is 14.3 Å².